The van der Waals surface area contributed by atoms with Crippen LogP contribution in [0.3, 0.4) is 0 Å². The molecule has 0 fully saturated rings. The lowest BCUT2D eigenvalue weighted by molar-refractivity contribution is 0.0600. The summed E-state index contributed by atoms with van der Waals surface area (Å²) in [5.41, 5.74) is 7.19. The molecule has 1 aromatic rings. The summed E-state index contributed by atoms with van der Waals surface area (Å²) in [6.07, 6.45) is 0.511. The van der Waals surface area contributed by atoms with Crippen molar-refractivity contribution in [1.29, 1.82) is 0 Å². The number of esters is 1. The summed E-state index contributed by atoms with van der Waals surface area (Å²) in [5, 5.41) is 8.72. The summed E-state index contributed by atoms with van der Waals surface area (Å²) in [5.74, 6) is -0.364. The number of hydrogen-bond acceptors (Lipinski definition) is 4. The number of rotatable bonds is 4. The molecular formula is C11H15NO3. The molecule has 1 aromatic carbocycles. The van der Waals surface area contributed by atoms with Crippen LogP contribution in [0.5, 0.6) is 0 Å². The maximum atomic E-state index is 11.1. The molecule has 0 aliphatic rings. The van der Waals surface area contributed by atoms with Crippen molar-refractivity contribution < 1.29 is 14.6 Å². The summed E-state index contributed by atoms with van der Waals surface area (Å²) in [4.78, 5) is 11.1. The zero-order valence-corrected chi connectivity index (χ0v) is 8.64. The van der Waals surface area contributed by atoms with Crippen molar-refractivity contribution in [3.8, 4) is 0 Å². The molecule has 4 nitrogen and oxygen atoms in total. The van der Waals surface area contributed by atoms with Crippen LogP contribution < -0.4 is 5.73 Å². The molecule has 0 amide bonds. The number of benzene rings is 1. The van der Waals surface area contributed by atoms with Crippen LogP contribution in [-0.4, -0.2) is 24.8 Å². The molecule has 3 N–H and O–H groups in total. The number of carbonyl (C=O) groups excluding carboxylic acids is 1. The second-order valence-corrected chi connectivity index (χ2v) is 3.23. The van der Waals surface area contributed by atoms with Gasteiger partial charge in [0.2, 0.25) is 0 Å². The second kappa shape index (κ2) is 5.48. The van der Waals surface area contributed by atoms with Crippen LogP contribution in [0.15, 0.2) is 24.3 Å². The number of nitrogens with two attached hydrogens (primary N) is 1. The van der Waals surface area contributed by atoms with Crippen molar-refractivity contribution in [1.82, 2.24) is 0 Å². The highest BCUT2D eigenvalue weighted by Crippen LogP contribution is 2.14. The van der Waals surface area contributed by atoms with Crippen LogP contribution in [0, 0.1) is 0 Å². The number of hydrogen-bond donors (Lipinski definition) is 2. The fourth-order valence-corrected chi connectivity index (χ4v) is 1.29. The predicted octanol–water partition coefficient (Wildman–Crippen LogP) is 0.855. The van der Waals surface area contributed by atoms with Crippen LogP contribution in [0.4, 0.5) is 0 Å². The van der Waals surface area contributed by atoms with Crippen LogP contribution in [0.2, 0.25) is 0 Å². The topological polar surface area (TPSA) is 72.5 Å². The lowest BCUT2D eigenvalue weighted by Crippen LogP contribution is -2.12. The molecule has 0 radical (unpaired) electrons. The Balaban J connectivity index is 2.76. The Kier molecular flexibility index (Phi) is 4.27. The van der Waals surface area contributed by atoms with E-state index in [1.807, 2.05) is 0 Å². The lowest BCUT2D eigenvalue weighted by atomic mass is 10.0. The maximum absolute atomic E-state index is 11.1. The van der Waals surface area contributed by atoms with E-state index < -0.39 is 0 Å². The van der Waals surface area contributed by atoms with Gasteiger partial charge in [-0.2, -0.15) is 0 Å². The Morgan fingerprint density at radius 1 is 1.47 bits per heavy atom. The molecule has 15 heavy (non-hydrogen) atoms. The van der Waals surface area contributed by atoms with Gasteiger partial charge in [-0.15, -0.1) is 0 Å². The van der Waals surface area contributed by atoms with Crippen LogP contribution in [0.25, 0.3) is 0 Å². The molecule has 82 valence electrons. The van der Waals surface area contributed by atoms with Gasteiger partial charge >= 0.3 is 5.97 Å². The molecule has 0 saturated heterocycles. The molecule has 1 atom stereocenters. The summed E-state index contributed by atoms with van der Waals surface area (Å²) in [7, 11) is 1.34. The first-order valence-corrected chi connectivity index (χ1v) is 4.73. The van der Waals surface area contributed by atoms with Gasteiger partial charge in [-0.1, -0.05) is 12.1 Å². The number of ether oxygens (including phenoxy) is 1. The Morgan fingerprint density at radius 3 is 2.53 bits per heavy atom. The number of aliphatic hydroxyl groups excluding tert-OH is 1. The van der Waals surface area contributed by atoms with Gasteiger partial charge in [0.25, 0.3) is 0 Å². The predicted molar refractivity (Wildman–Crippen MR) is 56.4 cm³/mol. The minimum Gasteiger partial charge on any atom is -0.465 e. The van der Waals surface area contributed by atoms with Crippen molar-refractivity contribution in [2.45, 2.75) is 12.5 Å². The van der Waals surface area contributed by atoms with E-state index >= 15 is 0 Å². The van der Waals surface area contributed by atoms with Crippen molar-refractivity contribution in [3.05, 3.63) is 35.4 Å². The van der Waals surface area contributed by atoms with Crippen molar-refractivity contribution in [3.63, 3.8) is 0 Å². The quantitative estimate of drug-likeness (QED) is 0.721. The Morgan fingerprint density at radius 2 is 2.07 bits per heavy atom. The summed E-state index contributed by atoms with van der Waals surface area (Å²) >= 11 is 0. The average Bonchev–Trinajstić information content (AvgIpc) is 2.28. The fraction of sp³-hybridized carbons (Fsp3) is 0.364. The highest BCUT2D eigenvalue weighted by atomic mass is 16.5. The van der Waals surface area contributed by atoms with Crippen molar-refractivity contribution in [2.75, 3.05) is 13.7 Å². The first-order valence-electron chi connectivity index (χ1n) is 4.73. The van der Waals surface area contributed by atoms with Gasteiger partial charge in [0, 0.05) is 12.6 Å². The zero-order chi connectivity index (χ0) is 11.3. The summed E-state index contributed by atoms with van der Waals surface area (Å²) in [6, 6.07) is 6.68. The highest BCUT2D eigenvalue weighted by Gasteiger charge is 2.08. The van der Waals surface area contributed by atoms with Gasteiger partial charge in [-0.3, -0.25) is 0 Å². The van der Waals surface area contributed by atoms with E-state index in [9.17, 15) is 4.79 Å². The average molecular weight is 209 g/mol. The molecule has 0 aliphatic carbocycles. The fourth-order valence-electron chi connectivity index (χ4n) is 1.29. The zero-order valence-electron chi connectivity index (χ0n) is 8.64. The van der Waals surface area contributed by atoms with Gasteiger partial charge in [0.05, 0.1) is 12.7 Å². The molecule has 0 unspecified atom stereocenters. The van der Waals surface area contributed by atoms with Gasteiger partial charge in [0.15, 0.2) is 0 Å². The smallest absolute Gasteiger partial charge is 0.337 e. The van der Waals surface area contributed by atoms with E-state index in [-0.39, 0.29) is 18.6 Å². The van der Waals surface area contributed by atoms with E-state index in [2.05, 4.69) is 4.74 Å². The monoisotopic (exact) mass is 209 g/mol. The summed E-state index contributed by atoms with van der Waals surface area (Å²) in [6.45, 7) is 0.0555. The Labute approximate surface area is 88.7 Å². The second-order valence-electron chi connectivity index (χ2n) is 3.23. The molecule has 0 bridgehead atoms. The summed E-state index contributed by atoms with van der Waals surface area (Å²) < 4.78 is 4.57. The minimum atomic E-state index is -0.364. The third-order valence-corrected chi connectivity index (χ3v) is 2.20. The first kappa shape index (κ1) is 11.7. The molecule has 0 saturated carbocycles. The SMILES string of the molecule is COC(=O)c1ccc([C@@H](N)CCO)cc1. The van der Waals surface area contributed by atoms with E-state index in [1.165, 1.54) is 7.11 Å². The number of carbonyl (C=O) groups is 1. The maximum Gasteiger partial charge on any atom is 0.337 e. The number of methoxy groups -OCH3 is 1. The standard InChI is InChI=1S/C11H15NO3/c1-15-11(14)9-4-2-8(3-5-9)10(12)6-7-13/h2-5,10,13H,6-7,12H2,1H3/t10-/m0/s1. The first-order chi connectivity index (χ1) is 7.19. The van der Waals surface area contributed by atoms with Gasteiger partial charge in [0.1, 0.15) is 0 Å². The van der Waals surface area contributed by atoms with Crippen molar-refractivity contribution >= 4 is 5.97 Å². The van der Waals surface area contributed by atoms with Crippen LogP contribution in [0.1, 0.15) is 28.4 Å². The molecule has 4 heteroatoms. The van der Waals surface area contributed by atoms with Gasteiger partial charge in [-0.25, -0.2) is 4.79 Å². The lowest BCUT2D eigenvalue weighted by Gasteiger charge is -2.10. The molecular weight excluding hydrogens is 194 g/mol. The molecule has 0 aliphatic heterocycles. The van der Waals surface area contributed by atoms with Gasteiger partial charge < -0.3 is 15.6 Å². The van der Waals surface area contributed by atoms with E-state index in [4.69, 9.17) is 10.8 Å². The van der Waals surface area contributed by atoms with Crippen LogP contribution in [-0.2, 0) is 4.74 Å². The third-order valence-electron chi connectivity index (χ3n) is 2.20. The Bertz CT molecular complexity index is 321. The third kappa shape index (κ3) is 3.04. The van der Waals surface area contributed by atoms with E-state index in [1.54, 1.807) is 24.3 Å². The van der Waals surface area contributed by atoms with Crippen molar-refractivity contribution in [2.24, 2.45) is 5.73 Å². The molecule has 1 rings (SSSR count). The van der Waals surface area contributed by atoms with E-state index in [0.29, 0.717) is 12.0 Å². The van der Waals surface area contributed by atoms with Gasteiger partial charge in [-0.05, 0) is 24.1 Å². The number of aliphatic hydroxyl groups is 1. The molecule has 0 spiro atoms. The highest BCUT2D eigenvalue weighted by molar-refractivity contribution is 5.89. The van der Waals surface area contributed by atoms with Crippen LogP contribution >= 0.6 is 0 Å². The largest absolute Gasteiger partial charge is 0.465 e. The Hall–Kier alpha value is -1.39. The van der Waals surface area contributed by atoms with E-state index in [0.717, 1.165) is 5.56 Å². The normalized spacial score (nSPS) is 12.2. The molecule has 0 aromatic heterocycles. The molecule has 0 heterocycles. The minimum absolute atomic E-state index is 0.0555.